The number of aldehydes is 1. The molecule has 2 aromatic carbocycles. The van der Waals surface area contributed by atoms with Gasteiger partial charge in [-0.05, 0) is 108 Å². The molecule has 0 unspecified atom stereocenters. The minimum absolute atomic E-state index is 0.0732. The molecule has 4 fully saturated rings. The molecule has 1 spiro atoms. The maximum atomic E-state index is 15.1. The SMILES string of the molecule is COCc1cc(N2CC3(CC(CN4CCC(SN5CCC(Nc6ncc(F)c(-c7cc(F)c8nc(C)n(C(C)C)c8c7)n6)CC5)CC4)C3)C2)c(F)cc1C=O. The Balaban J connectivity index is 0.766. The normalized spacial score (nSPS) is 20.0. The van der Waals surface area contributed by atoms with Gasteiger partial charge in [-0.1, -0.05) is 11.9 Å². The number of anilines is 2. The molecule has 3 aliphatic heterocycles. The lowest BCUT2D eigenvalue weighted by Gasteiger charge is -2.60. The summed E-state index contributed by atoms with van der Waals surface area (Å²) in [6, 6.07) is 6.44. The van der Waals surface area contributed by atoms with Gasteiger partial charge in [0.2, 0.25) is 5.95 Å². The number of nitrogens with one attached hydrogen (secondary N) is 1. The van der Waals surface area contributed by atoms with Gasteiger partial charge in [0.05, 0.1) is 24.0 Å². The minimum atomic E-state index is -0.592. The third kappa shape index (κ3) is 7.84. The third-order valence-corrected chi connectivity index (χ3v) is 13.5. The Morgan fingerprint density at radius 1 is 0.982 bits per heavy atom. The number of rotatable bonds is 12. The van der Waals surface area contributed by atoms with Gasteiger partial charge >= 0.3 is 0 Å². The van der Waals surface area contributed by atoms with Gasteiger partial charge in [0.25, 0.3) is 0 Å². The number of ether oxygens (including phenoxy) is 1. The Bertz CT molecular complexity index is 2030. The molecule has 4 aliphatic rings. The number of benzene rings is 2. The van der Waals surface area contributed by atoms with E-state index in [0.29, 0.717) is 63.6 Å². The Morgan fingerprint density at radius 3 is 2.42 bits per heavy atom. The quantitative estimate of drug-likeness (QED) is 0.114. The molecule has 3 saturated heterocycles. The highest BCUT2D eigenvalue weighted by atomic mass is 32.2. The highest BCUT2D eigenvalue weighted by molar-refractivity contribution is 7.97. The molecule has 1 aliphatic carbocycles. The van der Waals surface area contributed by atoms with Crippen molar-refractivity contribution >= 4 is 40.9 Å². The molecular formula is C41H51F3N8O2S. The number of hydrogen-bond acceptors (Lipinski definition) is 10. The van der Waals surface area contributed by atoms with Gasteiger partial charge in [0, 0.05) is 73.7 Å². The lowest BCUT2D eigenvalue weighted by molar-refractivity contribution is 0.00107. The number of likely N-dealkylation sites (tertiary alicyclic amines) is 1. The first-order chi connectivity index (χ1) is 26.5. The highest BCUT2D eigenvalue weighted by Gasteiger charge is 2.53. The second-order valence-corrected chi connectivity index (χ2v) is 17.9. The zero-order valence-electron chi connectivity index (χ0n) is 32.2. The number of imidazole rings is 1. The fourth-order valence-electron chi connectivity index (χ4n) is 9.50. The van der Waals surface area contributed by atoms with E-state index in [9.17, 15) is 9.18 Å². The van der Waals surface area contributed by atoms with Gasteiger partial charge in [-0.15, -0.1) is 0 Å². The van der Waals surface area contributed by atoms with E-state index in [2.05, 4.69) is 34.4 Å². The number of aryl methyl sites for hydroxylation is 1. The molecular weight excluding hydrogens is 726 g/mol. The first kappa shape index (κ1) is 38.2. The topological polar surface area (TPSA) is 91.7 Å². The lowest BCUT2D eigenvalue weighted by atomic mass is 9.57. The van der Waals surface area contributed by atoms with Crippen LogP contribution >= 0.6 is 11.9 Å². The Hall–Kier alpha value is -3.72. The zero-order chi connectivity index (χ0) is 38.4. The number of hydrogen-bond donors (Lipinski definition) is 1. The minimum Gasteiger partial charge on any atom is -0.380 e. The summed E-state index contributed by atoms with van der Waals surface area (Å²) in [6.07, 6.45) is 8.49. The van der Waals surface area contributed by atoms with Crippen molar-refractivity contribution in [3.63, 3.8) is 0 Å². The Kier molecular flexibility index (Phi) is 10.9. The molecule has 4 aromatic rings. The second-order valence-electron chi connectivity index (χ2n) is 16.5. The van der Waals surface area contributed by atoms with Crippen molar-refractivity contribution in [1.29, 1.82) is 0 Å². The Labute approximate surface area is 325 Å². The molecule has 0 atom stereocenters. The van der Waals surface area contributed by atoms with Crippen LogP contribution in [0.15, 0.2) is 30.5 Å². The Morgan fingerprint density at radius 2 is 1.73 bits per heavy atom. The van der Waals surface area contributed by atoms with E-state index in [1.54, 1.807) is 19.2 Å². The molecule has 0 radical (unpaired) electrons. The van der Waals surface area contributed by atoms with E-state index >= 15 is 8.78 Å². The van der Waals surface area contributed by atoms with Crippen LogP contribution < -0.4 is 10.2 Å². The van der Waals surface area contributed by atoms with Crippen LogP contribution in [0.5, 0.6) is 0 Å². The molecule has 10 nitrogen and oxygen atoms in total. The molecule has 1 saturated carbocycles. The molecule has 5 heterocycles. The number of carbonyl (C=O) groups is 1. The van der Waals surface area contributed by atoms with Crippen molar-refractivity contribution in [3.8, 4) is 11.3 Å². The highest BCUT2D eigenvalue weighted by Crippen LogP contribution is 2.53. The molecule has 55 heavy (non-hydrogen) atoms. The van der Waals surface area contributed by atoms with Crippen molar-refractivity contribution < 1.29 is 22.7 Å². The molecule has 1 N–H and O–H groups in total. The number of halogens is 3. The van der Waals surface area contributed by atoms with E-state index < -0.39 is 11.6 Å². The maximum absolute atomic E-state index is 15.1. The average Bonchev–Trinajstić information content (AvgIpc) is 3.48. The van der Waals surface area contributed by atoms with E-state index in [0.717, 1.165) is 64.2 Å². The summed E-state index contributed by atoms with van der Waals surface area (Å²) in [7, 11) is 1.58. The molecule has 14 heteroatoms. The standard InChI is InChI=1S/C41H51F3N8O2S/c1-25(2)52-26(3)46-39-34(43)13-28(15-37(39)52)38-35(44)19-45-40(48-38)47-31-5-11-51(12-6-31)55-32-7-9-49(10-8-32)20-27-17-41(18-27)23-50(24-41)36-16-30(22-54-4)29(21-53)14-33(36)42/h13-16,19,21,25,27,31-32H,5-12,17-18,20,22-24H2,1-4H3,(H,45,47,48). The average molecular weight is 777 g/mol. The van der Waals surface area contributed by atoms with Crippen LogP contribution in [0, 0.1) is 35.7 Å². The van der Waals surface area contributed by atoms with Crippen molar-refractivity contribution in [3.05, 3.63) is 64.9 Å². The fraction of sp³-hybridized carbons (Fsp3) is 0.561. The summed E-state index contributed by atoms with van der Waals surface area (Å²) in [5.74, 6) is 0.344. The first-order valence-electron chi connectivity index (χ1n) is 19.6. The van der Waals surface area contributed by atoms with Crippen molar-refractivity contribution in [2.24, 2.45) is 11.3 Å². The predicted octanol–water partition coefficient (Wildman–Crippen LogP) is 7.66. The maximum Gasteiger partial charge on any atom is 0.223 e. The number of aromatic nitrogens is 4. The van der Waals surface area contributed by atoms with Crippen LogP contribution in [0.3, 0.4) is 0 Å². The van der Waals surface area contributed by atoms with Gasteiger partial charge < -0.3 is 24.4 Å². The predicted molar refractivity (Wildman–Crippen MR) is 211 cm³/mol. The van der Waals surface area contributed by atoms with Crippen LogP contribution in [-0.4, -0.2) is 99.2 Å². The van der Waals surface area contributed by atoms with Gasteiger partial charge in [0.1, 0.15) is 22.9 Å². The smallest absolute Gasteiger partial charge is 0.223 e. The number of methoxy groups -OCH3 is 1. The summed E-state index contributed by atoms with van der Waals surface area (Å²) in [4.78, 5) is 29.3. The zero-order valence-corrected chi connectivity index (χ0v) is 33.0. The van der Waals surface area contributed by atoms with Crippen LogP contribution in [0.1, 0.15) is 80.2 Å². The third-order valence-electron chi connectivity index (χ3n) is 12.1. The summed E-state index contributed by atoms with van der Waals surface area (Å²) in [5, 5.41) is 4.04. The number of fused-ring (bicyclic) bond motifs is 1. The number of piperidine rings is 2. The summed E-state index contributed by atoms with van der Waals surface area (Å²) >= 11 is 2.01. The molecule has 294 valence electrons. The molecule has 0 bridgehead atoms. The van der Waals surface area contributed by atoms with E-state index in [1.165, 1.54) is 44.0 Å². The molecule has 0 amide bonds. The van der Waals surface area contributed by atoms with Gasteiger partial charge in [-0.2, -0.15) is 0 Å². The van der Waals surface area contributed by atoms with E-state index in [4.69, 9.17) is 4.74 Å². The van der Waals surface area contributed by atoms with Crippen LogP contribution in [0.2, 0.25) is 0 Å². The number of carbonyl (C=O) groups excluding carboxylic acids is 1. The van der Waals surface area contributed by atoms with Crippen molar-refractivity contribution in [2.75, 3.05) is 63.1 Å². The fourth-order valence-corrected chi connectivity index (χ4v) is 10.8. The van der Waals surface area contributed by atoms with Crippen LogP contribution in [0.4, 0.5) is 24.8 Å². The van der Waals surface area contributed by atoms with E-state index in [-0.39, 0.29) is 29.1 Å². The summed E-state index contributed by atoms with van der Waals surface area (Å²) in [6.45, 7) is 13.2. The summed E-state index contributed by atoms with van der Waals surface area (Å²) < 4.78 is 54.7. The van der Waals surface area contributed by atoms with Crippen LogP contribution in [-0.2, 0) is 11.3 Å². The van der Waals surface area contributed by atoms with Crippen LogP contribution in [0.25, 0.3) is 22.3 Å². The van der Waals surface area contributed by atoms with E-state index in [1.807, 2.05) is 37.3 Å². The van der Waals surface area contributed by atoms with Crippen molar-refractivity contribution in [1.82, 2.24) is 28.7 Å². The van der Waals surface area contributed by atoms with Gasteiger partial charge in [0.15, 0.2) is 17.9 Å². The second kappa shape index (κ2) is 15.7. The van der Waals surface area contributed by atoms with Crippen molar-refractivity contribution in [2.45, 2.75) is 83.2 Å². The number of nitrogens with zero attached hydrogens (tertiary/aromatic N) is 7. The monoisotopic (exact) mass is 776 g/mol. The first-order valence-corrected chi connectivity index (χ1v) is 20.5. The lowest BCUT2D eigenvalue weighted by Crippen LogP contribution is -2.63. The summed E-state index contributed by atoms with van der Waals surface area (Å²) in [5.41, 5.74) is 3.30. The van der Waals surface area contributed by atoms with Gasteiger partial charge in [-0.3, -0.25) is 9.10 Å². The van der Waals surface area contributed by atoms with Gasteiger partial charge in [-0.25, -0.2) is 28.1 Å². The molecule has 8 rings (SSSR count). The molecule has 2 aromatic heterocycles. The largest absolute Gasteiger partial charge is 0.380 e.